The van der Waals surface area contributed by atoms with E-state index >= 15 is 0 Å². The van der Waals surface area contributed by atoms with Crippen molar-refractivity contribution in [2.45, 2.75) is 44.8 Å². The number of nitrogens with one attached hydrogen (secondary N) is 2. The zero-order valence-electron chi connectivity index (χ0n) is 14.3. The summed E-state index contributed by atoms with van der Waals surface area (Å²) >= 11 is 6.24. The number of nitrogens with zero attached hydrogens (tertiary/aromatic N) is 1. The SMILES string of the molecule is CC[C@@H](C)N1C(=O)[C@H]2[C@@H](C1=O)[C@]1(N[C@@H]2C)C(=O)Nc2c(Cl)cccc21. The molecule has 6 nitrogen and oxygen atoms in total. The van der Waals surface area contributed by atoms with E-state index in [9.17, 15) is 14.4 Å². The monoisotopic (exact) mass is 361 g/mol. The molecule has 3 amide bonds. The van der Waals surface area contributed by atoms with E-state index in [1.54, 1.807) is 18.2 Å². The summed E-state index contributed by atoms with van der Waals surface area (Å²) in [6, 6.07) is 4.79. The zero-order chi connectivity index (χ0) is 18.1. The van der Waals surface area contributed by atoms with Gasteiger partial charge in [0.2, 0.25) is 17.7 Å². The van der Waals surface area contributed by atoms with Crippen LogP contribution in [0, 0.1) is 11.8 Å². The number of anilines is 1. The second-order valence-corrected chi connectivity index (χ2v) is 7.57. The molecule has 0 radical (unpaired) electrons. The molecule has 1 spiro atoms. The number of halogens is 1. The Kier molecular flexibility index (Phi) is 3.50. The van der Waals surface area contributed by atoms with E-state index in [2.05, 4.69) is 10.6 Å². The van der Waals surface area contributed by atoms with Gasteiger partial charge in [-0.05, 0) is 26.3 Å². The summed E-state index contributed by atoms with van der Waals surface area (Å²) in [5, 5.41) is 6.50. The maximum absolute atomic E-state index is 13.2. The Morgan fingerprint density at radius 1 is 1.28 bits per heavy atom. The van der Waals surface area contributed by atoms with Gasteiger partial charge in [-0.3, -0.25) is 24.6 Å². The van der Waals surface area contributed by atoms with E-state index in [1.165, 1.54) is 4.90 Å². The Bertz CT molecular complexity index is 811. The van der Waals surface area contributed by atoms with Gasteiger partial charge in [0, 0.05) is 17.6 Å². The molecule has 5 atom stereocenters. The quantitative estimate of drug-likeness (QED) is 0.788. The average Bonchev–Trinajstić information content (AvgIpc) is 3.13. The van der Waals surface area contributed by atoms with E-state index in [-0.39, 0.29) is 29.8 Å². The van der Waals surface area contributed by atoms with Crippen molar-refractivity contribution in [1.82, 2.24) is 10.2 Å². The van der Waals surface area contributed by atoms with Crippen molar-refractivity contribution in [3.8, 4) is 0 Å². The fourth-order valence-electron chi connectivity index (χ4n) is 4.59. The predicted octanol–water partition coefficient (Wildman–Crippen LogP) is 1.88. The first-order chi connectivity index (χ1) is 11.8. The third kappa shape index (κ3) is 1.87. The molecule has 0 saturated carbocycles. The highest BCUT2D eigenvalue weighted by Gasteiger charge is 2.70. The number of imide groups is 1. The minimum Gasteiger partial charge on any atom is -0.323 e. The predicted molar refractivity (Wildman–Crippen MR) is 92.9 cm³/mol. The third-order valence-electron chi connectivity index (χ3n) is 5.91. The number of likely N-dealkylation sites (tertiary alicyclic amines) is 1. The lowest BCUT2D eigenvalue weighted by molar-refractivity contribution is -0.145. The molecule has 2 fully saturated rings. The Labute approximate surface area is 150 Å². The van der Waals surface area contributed by atoms with Gasteiger partial charge in [-0.1, -0.05) is 30.7 Å². The van der Waals surface area contributed by atoms with Crippen LogP contribution in [0.1, 0.15) is 32.8 Å². The van der Waals surface area contributed by atoms with Gasteiger partial charge in [-0.2, -0.15) is 0 Å². The standard InChI is InChI=1S/C18H20ClN3O3/c1-4-8(2)22-15(23)12-9(3)21-18(13(12)16(22)24)10-6-5-7-11(19)14(10)20-17(18)25/h5-9,12-13,21H,4H2,1-3H3,(H,20,25)/t8-,9-,12-,13+,18+/m1/s1. The number of fused-ring (bicyclic) bond motifs is 4. The van der Waals surface area contributed by atoms with E-state index < -0.39 is 17.4 Å². The molecular weight excluding hydrogens is 342 g/mol. The summed E-state index contributed by atoms with van der Waals surface area (Å²) in [6.07, 6.45) is 0.681. The van der Waals surface area contributed by atoms with Gasteiger partial charge in [0.25, 0.3) is 0 Å². The van der Waals surface area contributed by atoms with Gasteiger partial charge in [0.15, 0.2) is 0 Å². The van der Waals surface area contributed by atoms with Crippen LogP contribution in [-0.4, -0.2) is 34.7 Å². The molecule has 25 heavy (non-hydrogen) atoms. The van der Waals surface area contributed by atoms with Crippen LogP contribution >= 0.6 is 11.6 Å². The van der Waals surface area contributed by atoms with Crippen LogP contribution in [0.25, 0.3) is 0 Å². The van der Waals surface area contributed by atoms with E-state index in [0.29, 0.717) is 22.7 Å². The van der Waals surface area contributed by atoms with Crippen LogP contribution in [0.2, 0.25) is 5.02 Å². The van der Waals surface area contributed by atoms with Crippen LogP contribution in [0.3, 0.4) is 0 Å². The molecule has 3 heterocycles. The van der Waals surface area contributed by atoms with Crippen LogP contribution in [0.5, 0.6) is 0 Å². The first-order valence-electron chi connectivity index (χ1n) is 8.59. The second-order valence-electron chi connectivity index (χ2n) is 7.16. The molecule has 2 N–H and O–H groups in total. The molecule has 2 saturated heterocycles. The molecule has 0 aromatic heterocycles. The van der Waals surface area contributed by atoms with Gasteiger partial charge in [-0.15, -0.1) is 0 Å². The summed E-state index contributed by atoms with van der Waals surface area (Å²) in [5.41, 5.74) is -0.0625. The largest absolute Gasteiger partial charge is 0.323 e. The average molecular weight is 362 g/mol. The first-order valence-corrected chi connectivity index (χ1v) is 8.97. The van der Waals surface area contributed by atoms with E-state index in [4.69, 9.17) is 11.6 Å². The fourth-order valence-corrected chi connectivity index (χ4v) is 4.82. The van der Waals surface area contributed by atoms with Crippen molar-refractivity contribution in [2.75, 3.05) is 5.32 Å². The first kappa shape index (κ1) is 16.5. The number of benzene rings is 1. The molecule has 4 rings (SSSR count). The normalized spacial score (nSPS) is 34.5. The number of hydrogen-bond acceptors (Lipinski definition) is 4. The molecule has 3 aliphatic rings. The number of hydrogen-bond donors (Lipinski definition) is 2. The lowest BCUT2D eigenvalue weighted by atomic mass is 9.76. The van der Waals surface area contributed by atoms with Gasteiger partial charge in [0.05, 0.1) is 22.5 Å². The molecule has 7 heteroatoms. The number of para-hydroxylation sites is 1. The van der Waals surface area contributed by atoms with Gasteiger partial charge >= 0.3 is 0 Å². The van der Waals surface area contributed by atoms with Gasteiger partial charge in [0.1, 0.15) is 5.54 Å². The number of amides is 3. The molecule has 1 aromatic rings. The summed E-state index contributed by atoms with van der Waals surface area (Å²) in [6.45, 7) is 5.66. The lowest BCUT2D eigenvalue weighted by Crippen LogP contribution is -2.53. The molecular formula is C18H20ClN3O3. The highest BCUT2D eigenvalue weighted by atomic mass is 35.5. The van der Waals surface area contributed by atoms with E-state index in [0.717, 1.165) is 0 Å². The Hall–Kier alpha value is -1.92. The zero-order valence-corrected chi connectivity index (χ0v) is 15.1. The lowest BCUT2D eigenvalue weighted by Gasteiger charge is -2.30. The van der Waals surface area contributed by atoms with Crippen molar-refractivity contribution in [1.29, 1.82) is 0 Å². The van der Waals surface area contributed by atoms with E-state index in [1.807, 2.05) is 20.8 Å². The fraction of sp³-hybridized carbons (Fsp3) is 0.500. The molecule has 3 aliphatic heterocycles. The number of rotatable bonds is 2. The Balaban J connectivity index is 1.89. The van der Waals surface area contributed by atoms with Crippen LogP contribution in [0.4, 0.5) is 5.69 Å². The second kappa shape index (κ2) is 5.29. The third-order valence-corrected chi connectivity index (χ3v) is 6.23. The Morgan fingerprint density at radius 2 is 2.00 bits per heavy atom. The molecule has 0 unspecified atom stereocenters. The van der Waals surface area contributed by atoms with Gasteiger partial charge in [-0.25, -0.2) is 0 Å². The summed E-state index contributed by atoms with van der Waals surface area (Å²) in [7, 11) is 0. The van der Waals surface area contributed by atoms with Gasteiger partial charge < -0.3 is 5.32 Å². The highest BCUT2D eigenvalue weighted by Crippen LogP contribution is 2.54. The summed E-state index contributed by atoms with van der Waals surface area (Å²) in [4.78, 5) is 40.5. The molecule has 0 bridgehead atoms. The molecule has 1 aromatic carbocycles. The van der Waals surface area contributed by atoms with Crippen molar-refractivity contribution in [3.63, 3.8) is 0 Å². The Morgan fingerprint density at radius 3 is 2.68 bits per heavy atom. The molecule has 0 aliphatic carbocycles. The smallest absolute Gasteiger partial charge is 0.250 e. The minimum atomic E-state index is -1.24. The maximum Gasteiger partial charge on any atom is 0.250 e. The molecule has 132 valence electrons. The highest BCUT2D eigenvalue weighted by molar-refractivity contribution is 6.35. The van der Waals surface area contributed by atoms with Crippen molar-refractivity contribution in [3.05, 3.63) is 28.8 Å². The van der Waals surface area contributed by atoms with Crippen LogP contribution < -0.4 is 10.6 Å². The number of carbonyl (C=O) groups excluding carboxylic acids is 3. The van der Waals surface area contributed by atoms with Crippen molar-refractivity contribution >= 4 is 35.0 Å². The van der Waals surface area contributed by atoms with Crippen molar-refractivity contribution in [2.24, 2.45) is 11.8 Å². The van der Waals surface area contributed by atoms with Crippen LogP contribution in [-0.2, 0) is 19.9 Å². The summed E-state index contributed by atoms with van der Waals surface area (Å²) < 4.78 is 0. The van der Waals surface area contributed by atoms with Crippen molar-refractivity contribution < 1.29 is 14.4 Å². The minimum absolute atomic E-state index is 0.182. The topological polar surface area (TPSA) is 78.5 Å². The summed E-state index contributed by atoms with van der Waals surface area (Å²) in [5.74, 6) is -2.07. The maximum atomic E-state index is 13.2. The van der Waals surface area contributed by atoms with Crippen LogP contribution in [0.15, 0.2) is 18.2 Å². The number of carbonyl (C=O) groups is 3.